The van der Waals surface area contributed by atoms with Crippen molar-refractivity contribution >= 4 is 11.0 Å². The van der Waals surface area contributed by atoms with Crippen LogP contribution in [0.5, 0.6) is 0 Å². The van der Waals surface area contributed by atoms with Gasteiger partial charge in [-0.2, -0.15) is 0 Å². The Morgan fingerprint density at radius 3 is 2.65 bits per heavy atom. The van der Waals surface area contributed by atoms with Gasteiger partial charge in [0.1, 0.15) is 11.3 Å². The van der Waals surface area contributed by atoms with Crippen molar-refractivity contribution in [2.24, 2.45) is 0 Å². The summed E-state index contributed by atoms with van der Waals surface area (Å²) < 4.78 is 6.31. The van der Waals surface area contributed by atoms with Crippen LogP contribution < -0.4 is 5.32 Å². The fraction of sp³-hybridized carbons (Fsp3) is 0.556. The van der Waals surface area contributed by atoms with Crippen LogP contribution in [0.3, 0.4) is 0 Å². The monoisotopic (exact) mass is 271 g/mol. The predicted octanol–water partition coefficient (Wildman–Crippen LogP) is 4.85. The summed E-state index contributed by atoms with van der Waals surface area (Å²) in [5.41, 5.74) is 5.32. The molecule has 0 bridgehead atoms. The molecular formula is C18H25NO. The zero-order valence-corrected chi connectivity index (χ0v) is 13.0. The van der Waals surface area contributed by atoms with Gasteiger partial charge in [0.05, 0.1) is 6.54 Å². The van der Waals surface area contributed by atoms with Crippen LogP contribution in [0.15, 0.2) is 16.5 Å². The molecule has 0 aliphatic heterocycles. The zero-order chi connectivity index (χ0) is 14.3. The Bertz CT molecular complexity index is 620. The van der Waals surface area contributed by atoms with E-state index in [1.54, 1.807) is 0 Å². The molecule has 1 aliphatic carbocycles. The number of aryl methyl sites for hydroxylation is 1. The van der Waals surface area contributed by atoms with Crippen molar-refractivity contribution < 1.29 is 4.42 Å². The molecule has 108 valence electrons. The first kappa shape index (κ1) is 13.7. The highest BCUT2D eigenvalue weighted by Crippen LogP contribution is 2.48. The van der Waals surface area contributed by atoms with E-state index in [0.717, 1.165) is 24.6 Å². The van der Waals surface area contributed by atoms with Gasteiger partial charge >= 0.3 is 0 Å². The van der Waals surface area contributed by atoms with E-state index in [1.807, 2.05) is 0 Å². The number of rotatable bonds is 5. The molecule has 1 saturated carbocycles. The van der Waals surface area contributed by atoms with E-state index in [2.05, 4.69) is 45.1 Å². The van der Waals surface area contributed by atoms with E-state index >= 15 is 0 Å². The quantitative estimate of drug-likeness (QED) is 0.840. The first-order valence-corrected chi connectivity index (χ1v) is 7.89. The number of hydrogen-bond acceptors (Lipinski definition) is 2. The van der Waals surface area contributed by atoms with Crippen molar-refractivity contribution in [2.75, 3.05) is 6.54 Å². The molecule has 20 heavy (non-hydrogen) atoms. The number of benzene rings is 1. The topological polar surface area (TPSA) is 25.2 Å². The second kappa shape index (κ2) is 5.25. The van der Waals surface area contributed by atoms with Crippen molar-refractivity contribution in [3.8, 4) is 0 Å². The summed E-state index contributed by atoms with van der Waals surface area (Å²) in [6, 6.07) is 4.50. The molecule has 1 aromatic heterocycles. The molecule has 2 nitrogen and oxygen atoms in total. The first-order chi connectivity index (χ1) is 9.63. The van der Waals surface area contributed by atoms with Crippen molar-refractivity contribution in [2.45, 2.75) is 58.9 Å². The third-order valence-electron chi connectivity index (χ3n) is 4.33. The standard InChI is InChI=1S/C18H25NO/c1-5-19-10-15-17(13-7-8-13)16-12(4)6-9-14(11(2)3)18(16)20-15/h6,9,11,13,19H,5,7-8,10H2,1-4H3. The molecule has 0 saturated heterocycles. The minimum absolute atomic E-state index is 0.503. The van der Waals surface area contributed by atoms with Gasteiger partial charge in [-0.15, -0.1) is 0 Å². The maximum absolute atomic E-state index is 6.31. The van der Waals surface area contributed by atoms with Crippen molar-refractivity contribution in [1.29, 1.82) is 0 Å². The van der Waals surface area contributed by atoms with Crippen LogP contribution in [-0.4, -0.2) is 6.54 Å². The van der Waals surface area contributed by atoms with Gasteiger partial charge in [-0.3, -0.25) is 0 Å². The molecule has 0 unspecified atom stereocenters. The van der Waals surface area contributed by atoms with Gasteiger partial charge in [-0.05, 0) is 49.3 Å². The Labute approximate surface area is 121 Å². The molecule has 2 heteroatoms. The van der Waals surface area contributed by atoms with Crippen molar-refractivity contribution in [3.05, 3.63) is 34.6 Å². The largest absolute Gasteiger partial charge is 0.459 e. The molecule has 1 heterocycles. The minimum atomic E-state index is 0.503. The average molecular weight is 271 g/mol. The van der Waals surface area contributed by atoms with E-state index < -0.39 is 0 Å². The third-order valence-corrected chi connectivity index (χ3v) is 4.33. The molecule has 3 rings (SSSR count). The lowest BCUT2D eigenvalue weighted by Crippen LogP contribution is -2.12. The maximum atomic E-state index is 6.31. The van der Waals surface area contributed by atoms with E-state index in [0.29, 0.717) is 5.92 Å². The minimum Gasteiger partial charge on any atom is -0.459 e. The molecule has 2 aromatic rings. The lowest BCUT2D eigenvalue weighted by Gasteiger charge is -2.08. The molecule has 0 spiro atoms. The van der Waals surface area contributed by atoms with Crippen molar-refractivity contribution in [1.82, 2.24) is 5.32 Å². The fourth-order valence-corrected chi connectivity index (χ4v) is 3.09. The third kappa shape index (κ3) is 2.26. The molecule has 0 atom stereocenters. The van der Waals surface area contributed by atoms with E-state index in [1.165, 1.54) is 40.7 Å². The average Bonchev–Trinajstić information content (AvgIpc) is 3.17. The van der Waals surface area contributed by atoms with Crippen LogP contribution in [0.2, 0.25) is 0 Å². The van der Waals surface area contributed by atoms with Crippen LogP contribution in [0, 0.1) is 6.92 Å². The van der Waals surface area contributed by atoms with Gasteiger partial charge in [0.15, 0.2) is 0 Å². The lowest BCUT2D eigenvalue weighted by atomic mass is 9.95. The van der Waals surface area contributed by atoms with Crippen LogP contribution in [0.25, 0.3) is 11.0 Å². The zero-order valence-electron chi connectivity index (χ0n) is 13.0. The first-order valence-electron chi connectivity index (χ1n) is 7.89. The lowest BCUT2D eigenvalue weighted by molar-refractivity contribution is 0.510. The van der Waals surface area contributed by atoms with Gasteiger partial charge in [-0.1, -0.05) is 32.9 Å². The fourth-order valence-electron chi connectivity index (χ4n) is 3.09. The highest BCUT2D eigenvalue weighted by Gasteiger charge is 2.32. The summed E-state index contributed by atoms with van der Waals surface area (Å²) in [5, 5.41) is 4.82. The summed E-state index contributed by atoms with van der Waals surface area (Å²) in [6.45, 7) is 10.7. The number of furan rings is 1. The number of nitrogens with one attached hydrogen (secondary N) is 1. The van der Waals surface area contributed by atoms with Crippen LogP contribution in [0.4, 0.5) is 0 Å². The van der Waals surface area contributed by atoms with Crippen LogP contribution >= 0.6 is 0 Å². The smallest absolute Gasteiger partial charge is 0.138 e. The van der Waals surface area contributed by atoms with Gasteiger partial charge in [-0.25, -0.2) is 0 Å². The number of fused-ring (bicyclic) bond motifs is 1. The molecule has 1 fully saturated rings. The summed E-state index contributed by atoms with van der Waals surface area (Å²) in [6.07, 6.45) is 2.64. The Morgan fingerprint density at radius 2 is 2.05 bits per heavy atom. The summed E-state index contributed by atoms with van der Waals surface area (Å²) >= 11 is 0. The van der Waals surface area contributed by atoms with Crippen molar-refractivity contribution in [3.63, 3.8) is 0 Å². The van der Waals surface area contributed by atoms with Crippen LogP contribution in [-0.2, 0) is 6.54 Å². The predicted molar refractivity (Wildman–Crippen MR) is 84.4 cm³/mol. The normalized spacial score (nSPS) is 15.4. The van der Waals surface area contributed by atoms with E-state index in [9.17, 15) is 0 Å². The Kier molecular flexibility index (Phi) is 3.59. The van der Waals surface area contributed by atoms with E-state index in [4.69, 9.17) is 4.42 Å². The molecular weight excluding hydrogens is 246 g/mol. The summed E-state index contributed by atoms with van der Waals surface area (Å²) in [5.74, 6) is 2.40. The highest BCUT2D eigenvalue weighted by atomic mass is 16.3. The summed E-state index contributed by atoms with van der Waals surface area (Å²) in [7, 11) is 0. The van der Waals surface area contributed by atoms with Gasteiger partial charge in [0.2, 0.25) is 0 Å². The number of hydrogen-bond donors (Lipinski definition) is 1. The molecule has 0 amide bonds. The Hall–Kier alpha value is -1.28. The SMILES string of the molecule is CCNCc1oc2c(C(C)C)ccc(C)c2c1C1CC1. The Morgan fingerprint density at radius 1 is 1.30 bits per heavy atom. The maximum Gasteiger partial charge on any atom is 0.138 e. The Balaban J connectivity index is 2.21. The molecule has 1 aromatic carbocycles. The van der Waals surface area contributed by atoms with E-state index in [-0.39, 0.29) is 0 Å². The van der Waals surface area contributed by atoms with Gasteiger partial charge in [0.25, 0.3) is 0 Å². The van der Waals surface area contributed by atoms with Gasteiger partial charge < -0.3 is 9.73 Å². The molecule has 0 radical (unpaired) electrons. The second-order valence-corrected chi connectivity index (χ2v) is 6.32. The van der Waals surface area contributed by atoms with Gasteiger partial charge in [0, 0.05) is 10.9 Å². The van der Waals surface area contributed by atoms with Crippen LogP contribution in [0.1, 0.15) is 67.9 Å². The molecule has 1 N–H and O–H groups in total. The highest BCUT2D eigenvalue weighted by molar-refractivity contribution is 5.89. The molecule has 1 aliphatic rings. The summed E-state index contributed by atoms with van der Waals surface area (Å²) in [4.78, 5) is 0. The second-order valence-electron chi connectivity index (χ2n) is 6.32.